The van der Waals surface area contributed by atoms with Gasteiger partial charge in [-0.1, -0.05) is 25.3 Å². The van der Waals surface area contributed by atoms with Gasteiger partial charge in [0.1, 0.15) is 0 Å². The Morgan fingerprint density at radius 2 is 1.87 bits per heavy atom. The van der Waals surface area contributed by atoms with E-state index in [1.165, 1.54) is 6.20 Å². The molecule has 2 aromatic heterocycles. The first kappa shape index (κ1) is 22.0. The molecule has 2 aliphatic rings. The van der Waals surface area contributed by atoms with Crippen LogP contribution in [0.1, 0.15) is 75.2 Å². The summed E-state index contributed by atoms with van der Waals surface area (Å²) in [4.78, 5) is 21.3. The summed E-state index contributed by atoms with van der Waals surface area (Å²) in [6, 6.07) is -0.402. The van der Waals surface area contributed by atoms with E-state index in [1.54, 1.807) is 16.8 Å². The van der Waals surface area contributed by atoms with Gasteiger partial charge in [-0.15, -0.1) is 0 Å². The smallest absolute Gasteiger partial charge is 0.303 e. The number of halogens is 2. The Kier molecular flexibility index (Phi) is 5.74. The van der Waals surface area contributed by atoms with E-state index in [9.17, 15) is 22.0 Å². The minimum atomic E-state index is -3.34. The maximum absolute atomic E-state index is 13.9. The van der Waals surface area contributed by atoms with Crippen molar-refractivity contribution in [1.29, 1.82) is 0 Å². The lowest BCUT2D eigenvalue weighted by Crippen LogP contribution is -2.27. The van der Waals surface area contributed by atoms with Gasteiger partial charge < -0.3 is 4.57 Å². The van der Waals surface area contributed by atoms with Crippen LogP contribution in [0.15, 0.2) is 28.7 Å². The summed E-state index contributed by atoms with van der Waals surface area (Å²) >= 11 is 0. The van der Waals surface area contributed by atoms with Gasteiger partial charge in [-0.25, -0.2) is 18.4 Å². The number of aromatic nitrogens is 3. The molecule has 9 heteroatoms. The molecule has 6 nitrogen and oxygen atoms in total. The lowest BCUT2D eigenvalue weighted by atomic mass is 9.84. The fourth-order valence-corrected chi connectivity index (χ4v) is 4.90. The molecule has 31 heavy (non-hydrogen) atoms. The van der Waals surface area contributed by atoms with Crippen LogP contribution < -0.4 is 5.56 Å². The first-order valence-corrected chi connectivity index (χ1v) is 12.7. The number of nitrogens with zero attached hydrogens (tertiary/aromatic N) is 3. The Hall–Kier alpha value is -2.16. The average Bonchev–Trinajstić information content (AvgIpc) is 3.53. The van der Waals surface area contributed by atoms with Gasteiger partial charge in [-0.3, -0.25) is 4.79 Å². The van der Waals surface area contributed by atoms with Gasteiger partial charge in [0.2, 0.25) is 0 Å². The molecule has 0 saturated heterocycles. The van der Waals surface area contributed by atoms with E-state index in [0.717, 1.165) is 69.1 Å². The molecule has 168 valence electrons. The highest BCUT2D eigenvalue weighted by Gasteiger charge is 2.34. The summed E-state index contributed by atoms with van der Waals surface area (Å²) in [6.45, 7) is 0.745. The van der Waals surface area contributed by atoms with Crippen LogP contribution in [0.25, 0.3) is 10.9 Å². The number of rotatable bonds is 6. The molecular weight excluding hydrogens is 424 g/mol. The van der Waals surface area contributed by atoms with Crippen LogP contribution in [0, 0.1) is 5.92 Å². The lowest BCUT2D eigenvalue weighted by molar-refractivity contribution is 0.00804. The zero-order chi connectivity index (χ0) is 22.4. The highest BCUT2D eigenvalue weighted by Crippen LogP contribution is 2.42. The van der Waals surface area contributed by atoms with Gasteiger partial charge in [0.05, 0.1) is 16.9 Å². The van der Waals surface area contributed by atoms with E-state index in [2.05, 4.69) is 9.97 Å². The van der Waals surface area contributed by atoms with Crippen molar-refractivity contribution in [1.82, 2.24) is 14.5 Å². The van der Waals surface area contributed by atoms with Gasteiger partial charge in [-0.2, -0.15) is 8.78 Å². The molecule has 0 amide bonds. The second-order valence-corrected chi connectivity index (χ2v) is 10.9. The molecule has 0 aromatic carbocycles. The van der Waals surface area contributed by atoms with E-state index in [-0.39, 0.29) is 22.8 Å². The minimum absolute atomic E-state index is 0.120. The van der Waals surface area contributed by atoms with E-state index >= 15 is 0 Å². The molecule has 2 saturated carbocycles. The van der Waals surface area contributed by atoms with Crippen molar-refractivity contribution in [2.75, 3.05) is 6.26 Å². The third-order valence-corrected chi connectivity index (χ3v) is 6.84. The number of hydrogen-bond acceptors (Lipinski definition) is 5. The third kappa shape index (κ3) is 4.86. The summed E-state index contributed by atoms with van der Waals surface area (Å²) in [6.07, 6.45) is 12.4. The van der Waals surface area contributed by atoms with E-state index < -0.39 is 27.6 Å². The van der Waals surface area contributed by atoms with E-state index in [4.69, 9.17) is 0 Å². The molecule has 2 fully saturated rings. The van der Waals surface area contributed by atoms with Crippen LogP contribution in [0.4, 0.5) is 8.78 Å². The van der Waals surface area contributed by atoms with Crippen LogP contribution in [0.3, 0.4) is 0 Å². The maximum atomic E-state index is 13.9. The third-order valence-electron chi connectivity index (χ3n) is 6.19. The second-order valence-electron chi connectivity index (χ2n) is 8.96. The fourth-order valence-electron chi connectivity index (χ4n) is 4.45. The number of allylic oxidation sites excluding steroid dienone is 1. The Morgan fingerprint density at radius 1 is 1.19 bits per heavy atom. The predicted molar refractivity (Wildman–Crippen MR) is 115 cm³/mol. The molecule has 0 N–H and O–H groups in total. The molecule has 0 bridgehead atoms. The van der Waals surface area contributed by atoms with Crippen LogP contribution in [0.5, 0.6) is 0 Å². The summed E-state index contributed by atoms with van der Waals surface area (Å²) in [5.41, 5.74) is 0.692. The molecule has 2 heterocycles. The van der Waals surface area contributed by atoms with Crippen molar-refractivity contribution in [2.45, 2.75) is 69.8 Å². The van der Waals surface area contributed by atoms with Crippen LogP contribution in [-0.2, 0) is 15.8 Å². The highest BCUT2D eigenvalue weighted by atomic mass is 32.2. The maximum Gasteiger partial charge on any atom is 0.303 e. The topological polar surface area (TPSA) is 81.9 Å². The summed E-state index contributed by atoms with van der Waals surface area (Å²) in [5.74, 6) is -3.51. The van der Waals surface area contributed by atoms with E-state index in [1.807, 2.05) is 0 Å². The monoisotopic (exact) mass is 451 g/mol. The molecule has 0 spiro atoms. The predicted octanol–water partition coefficient (Wildman–Crippen LogP) is 4.46. The summed E-state index contributed by atoms with van der Waals surface area (Å²) in [5, 5.41) is 1.35. The Morgan fingerprint density at radius 3 is 2.45 bits per heavy atom. The van der Waals surface area contributed by atoms with Gasteiger partial charge in [-0.05, 0) is 43.1 Å². The quantitative estimate of drug-likeness (QED) is 0.648. The summed E-state index contributed by atoms with van der Waals surface area (Å²) < 4.78 is 52.8. The zero-order valence-electron chi connectivity index (χ0n) is 17.7. The normalized spacial score (nSPS) is 19.9. The first-order valence-electron chi connectivity index (χ1n) is 10.7. The van der Waals surface area contributed by atoms with Crippen molar-refractivity contribution in [3.63, 3.8) is 0 Å². The molecule has 2 aliphatic carbocycles. The number of fused-ring (bicyclic) bond motifs is 1. The van der Waals surface area contributed by atoms with Crippen molar-refractivity contribution in [3.8, 4) is 0 Å². The standard InChI is InChI=1S/C22H27F2N3O3S/c1-22(23,24)21-25-12-16-19(26-21)17(14-6-4-3-5-7-14)13-27(20(16)28)18(15-8-9-15)10-11-31(2,29)30/h10-15,18H,3-9H2,1-2H3/b11-10+. The fraction of sp³-hybridized carbons (Fsp3) is 0.591. The van der Waals surface area contributed by atoms with Crippen molar-refractivity contribution >= 4 is 20.7 Å². The Balaban J connectivity index is 1.93. The Labute approximate surface area is 180 Å². The molecule has 1 unspecified atom stereocenters. The van der Waals surface area contributed by atoms with Gasteiger partial charge in [0.15, 0.2) is 15.7 Å². The van der Waals surface area contributed by atoms with Gasteiger partial charge in [0.25, 0.3) is 5.56 Å². The molecule has 4 rings (SSSR count). The Bertz CT molecular complexity index is 1170. The molecule has 0 radical (unpaired) electrons. The molecule has 2 aromatic rings. The van der Waals surface area contributed by atoms with Crippen molar-refractivity contribution in [3.05, 3.63) is 45.6 Å². The van der Waals surface area contributed by atoms with Crippen LogP contribution >= 0.6 is 0 Å². The number of sulfone groups is 1. The first-order chi connectivity index (χ1) is 14.5. The molecule has 1 atom stereocenters. The lowest BCUT2D eigenvalue weighted by Gasteiger charge is -2.26. The average molecular weight is 452 g/mol. The molecule has 0 aliphatic heterocycles. The SMILES string of the molecule is CC(F)(F)c1ncc2c(=O)n(C(/C=C/S(C)(=O)=O)C3CC3)cc(C3CCCCC3)c2n1. The van der Waals surface area contributed by atoms with Gasteiger partial charge in [0, 0.05) is 31.0 Å². The van der Waals surface area contributed by atoms with Crippen molar-refractivity contribution < 1.29 is 17.2 Å². The van der Waals surface area contributed by atoms with Crippen LogP contribution in [0.2, 0.25) is 0 Å². The van der Waals surface area contributed by atoms with Crippen molar-refractivity contribution in [2.24, 2.45) is 5.92 Å². The number of hydrogen-bond donors (Lipinski definition) is 0. The largest absolute Gasteiger partial charge is 0.307 e. The zero-order valence-corrected chi connectivity index (χ0v) is 18.5. The van der Waals surface area contributed by atoms with E-state index in [0.29, 0.717) is 5.52 Å². The number of alkyl halides is 2. The summed E-state index contributed by atoms with van der Waals surface area (Å²) in [7, 11) is -3.34. The van der Waals surface area contributed by atoms with Gasteiger partial charge >= 0.3 is 5.92 Å². The number of pyridine rings is 1. The molecular formula is C22H27F2N3O3S. The minimum Gasteiger partial charge on any atom is -0.307 e. The second kappa shape index (κ2) is 8.07. The van der Waals surface area contributed by atoms with Crippen LogP contribution in [-0.4, -0.2) is 29.2 Å². The highest BCUT2D eigenvalue weighted by molar-refractivity contribution is 7.93.